The Morgan fingerprint density at radius 2 is 1.77 bits per heavy atom. The molecule has 1 heterocycles. The van der Waals surface area contributed by atoms with Crippen LogP contribution < -0.4 is 5.32 Å². The summed E-state index contributed by atoms with van der Waals surface area (Å²) in [4.78, 5) is 14.9. The minimum absolute atomic E-state index is 0.0304. The average molecular weight is 352 g/mol. The Hall–Kier alpha value is -2.17. The van der Waals surface area contributed by atoms with Gasteiger partial charge in [-0.2, -0.15) is 0 Å². The highest BCUT2D eigenvalue weighted by molar-refractivity contribution is 5.94. The van der Waals surface area contributed by atoms with Gasteiger partial charge in [0, 0.05) is 31.7 Å². The van der Waals surface area contributed by atoms with Gasteiger partial charge in [-0.25, -0.2) is 0 Å². The van der Waals surface area contributed by atoms with Gasteiger partial charge in [0.1, 0.15) is 0 Å². The average Bonchev–Trinajstić information content (AvgIpc) is 2.60. The fourth-order valence-corrected chi connectivity index (χ4v) is 3.60. The van der Waals surface area contributed by atoms with E-state index in [0.29, 0.717) is 12.1 Å². The standard InChI is InChI=1S/C22H28N2O2/c1-16-7-6-10-19(11-16)22(25)23-12-20-8-4-5-9-21(20)15-24-13-17(2)26-18(3)14-24/h4-11,17-18H,12-15H2,1-3H3,(H,23,25)/t17-,18-/m0/s1. The monoisotopic (exact) mass is 352 g/mol. The van der Waals surface area contributed by atoms with Crippen LogP contribution in [0.2, 0.25) is 0 Å². The zero-order chi connectivity index (χ0) is 18.5. The summed E-state index contributed by atoms with van der Waals surface area (Å²) in [6, 6.07) is 16.0. The van der Waals surface area contributed by atoms with Crippen molar-refractivity contribution in [3.05, 3.63) is 70.8 Å². The maximum Gasteiger partial charge on any atom is 0.251 e. The number of carbonyl (C=O) groups is 1. The van der Waals surface area contributed by atoms with Crippen molar-refractivity contribution in [2.45, 2.75) is 46.1 Å². The van der Waals surface area contributed by atoms with Crippen LogP contribution in [0.1, 0.15) is 40.9 Å². The van der Waals surface area contributed by atoms with E-state index < -0.39 is 0 Å². The van der Waals surface area contributed by atoms with Gasteiger partial charge in [-0.05, 0) is 44.0 Å². The molecule has 2 aromatic carbocycles. The van der Waals surface area contributed by atoms with Crippen molar-refractivity contribution in [1.82, 2.24) is 10.2 Å². The van der Waals surface area contributed by atoms with Crippen LogP contribution in [0.25, 0.3) is 0 Å². The molecule has 2 aromatic rings. The van der Waals surface area contributed by atoms with E-state index in [1.807, 2.05) is 37.3 Å². The molecule has 3 rings (SSSR count). The molecule has 0 unspecified atom stereocenters. The molecule has 0 saturated carbocycles. The lowest BCUT2D eigenvalue weighted by atomic mass is 10.1. The minimum Gasteiger partial charge on any atom is -0.373 e. The number of rotatable bonds is 5. The van der Waals surface area contributed by atoms with E-state index in [0.717, 1.165) is 25.2 Å². The molecule has 0 aliphatic carbocycles. The first-order valence-corrected chi connectivity index (χ1v) is 9.30. The third kappa shape index (κ3) is 4.93. The summed E-state index contributed by atoms with van der Waals surface area (Å²) >= 11 is 0. The van der Waals surface area contributed by atoms with Gasteiger partial charge in [-0.3, -0.25) is 9.69 Å². The summed E-state index contributed by atoms with van der Waals surface area (Å²) in [5.74, 6) is -0.0304. The number of nitrogens with one attached hydrogen (secondary N) is 1. The molecule has 2 atom stereocenters. The van der Waals surface area contributed by atoms with Crippen molar-refractivity contribution >= 4 is 5.91 Å². The molecule has 0 bridgehead atoms. The molecular formula is C22H28N2O2. The lowest BCUT2D eigenvalue weighted by Gasteiger charge is -2.35. The van der Waals surface area contributed by atoms with E-state index in [4.69, 9.17) is 4.74 Å². The van der Waals surface area contributed by atoms with E-state index in [1.165, 1.54) is 11.1 Å². The van der Waals surface area contributed by atoms with Gasteiger partial charge >= 0.3 is 0 Å². The van der Waals surface area contributed by atoms with E-state index in [9.17, 15) is 4.79 Å². The number of morpholine rings is 1. The molecule has 4 nitrogen and oxygen atoms in total. The molecule has 0 radical (unpaired) electrons. The lowest BCUT2D eigenvalue weighted by molar-refractivity contribution is -0.0705. The second-order valence-electron chi connectivity index (χ2n) is 7.27. The van der Waals surface area contributed by atoms with Crippen molar-refractivity contribution < 1.29 is 9.53 Å². The number of ether oxygens (including phenoxy) is 1. The lowest BCUT2D eigenvalue weighted by Crippen LogP contribution is -2.45. The maximum atomic E-state index is 12.4. The number of nitrogens with zero attached hydrogens (tertiary/aromatic N) is 1. The minimum atomic E-state index is -0.0304. The fourth-order valence-electron chi connectivity index (χ4n) is 3.60. The van der Waals surface area contributed by atoms with Crippen LogP contribution in [-0.4, -0.2) is 36.1 Å². The SMILES string of the molecule is Cc1cccc(C(=O)NCc2ccccc2CN2C[C@H](C)O[C@@H](C)C2)c1. The third-order valence-corrected chi connectivity index (χ3v) is 4.73. The Labute approximate surface area is 156 Å². The molecular weight excluding hydrogens is 324 g/mol. The first-order chi connectivity index (χ1) is 12.5. The molecule has 1 aliphatic rings. The van der Waals surface area contributed by atoms with Crippen LogP contribution in [-0.2, 0) is 17.8 Å². The van der Waals surface area contributed by atoms with Crippen LogP contribution >= 0.6 is 0 Å². The topological polar surface area (TPSA) is 41.6 Å². The van der Waals surface area contributed by atoms with E-state index in [2.05, 4.69) is 42.3 Å². The number of hydrogen-bond donors (Lipinski definition) is 1. The quantitative estimate of drug-likeness (QED) is 0.895. The predicted molar refractivity (Wildman–Crippen MR) is 104 cm³/mol. The van der Waals surface area contributed by atoms with Gasteiger partial charge in [-0.1, -0.05) is 42.0 Å². The van der Waals surface area contributed by atoms with Gasteiger partial charge in [0.25, 0.3) is 5.91 Å². The molecule has 1 N–H and O–H groups in total. The van der Waals surface area contributed by atoms with Crippen LogP contribution in [0.5, 0.6) is 0 Å². The molecule has 1 saturated heterocycles. The van der Waals surface area contributed by atoms with Crippen molar-refractivity contribution in [3.8, 4) is 0 Å². The zero-order valence-corrected chi connectivity index (χ0v) is 15.9. The van der Waals surface area contributed by atoms with Crippen LogP contribution in [0.15, 0.2) is 48.5 Å². The Balaban J connectivity index is 1.64. The Bertz CT molecular complexity index is 749. The van der Waals surface area contributed by atoms with Gasteiger partial charge in [0.2, 0.25) is 0 Å². The first kappa shape index (κ1) is 18.6. The molecule has 0 spiro atoms. The number of amides is 1. The molecule has 4 heteroatoms. The second kappa shape index (κ2) is 8.47. The van der Waals surface area contributed by atoms with Gasteiger partial charge in [-0.15, -0.1) is 0 Å². The Morgan fingerprint density at radius 1 is 1.08 bits per heavy atom. The number of aryl methyl sites for hydroxylation is 1. The van der Waals surface area contributed by atoms with Crippen LogP contribution in [0.3, 0.4) is 0 Å². The molecule has 1 fully saturated rings. The highest BCUT2D eigenvalue weighted by Gasteiger charge is 2.22. The summed E-state index contributed by atoms with van der Waals surface area (Å²) in [6.07, 6.45) is 0.513. The second-order valence-corrected chi connectivity index (χ2v) is 7.27. The van der Waals surface area contributed by atoms with Crippen molar-refractivity contribution in [2.24, 2.45) is 0 Å². The van der Waals surface area contributed by atoms with Crippen LogP contribution in [0.4, 0.5) is 0 Å². The summed E-state index contributed by atoms with van der Waals surface area (Å²) in [6.45, 7) is 9.54. The van der Waals surface area contributed by atoms with E-state index in [-0.39, 0.29) is 18.1 Å². The van der Waals surface area contributed by atoms with Gasteiger partial charge in [0.15, 0.2) is 0 Å². The van der Waals surface area contributed by atoms with Crippen molar-refractivity contribution in [1.29, 1.82) is 0 Å². The largest absolute Gasteiger partial charge is 0.373 e. The highest BCUT2D eigenvalue weighted by Crippen LogP contribution is 2.17. The molecule has 1 aliphatic heterocycles. The fraction of sp³-hybridized carbons (Fsp3) is 0.409. The first-order valence-electron chi connectivity index (χ1n) is 9.30. The molecule has 0 aromatic heterocycles. The Morgan fingerprint density at radius 3 is 2.46 bits per heavy atom. The number of benzene rings is 2. The summed E-state index contributed by atoms with van der Waals surface area (Å²) in [5, 5.41) is 3.06. The molecule has 26 heavy (non-hydrogen) atoms. The van der Waals surface area contributed by atoms with Gasteiger partial charge in [0.05, 0.1) is 12.2 Å². The summed E-state index contributed by atoms with van der Waals surface area (Å²) in [7, 11) is 0. The maximum absolute atomic E-state index is 12.4. The van der Waals surface area contributed by atoms with Gasteiger partial charge < -0.3 is 10.1 Å². The zero-order valence-electron chi connectivity index (χ0n) is 15.9. The highest BCUT2D eigenvalue weighted by atomic mass is 16.5. The number of carbonyl (C=O) groups excluding carboxylic acids is 1. The molecule has 1 amide bonds. The smallest absolute Gasteiger partial charge is 0.251 e. The number of hydrogen-bond acceptors (Lipinski definition) is 3. The normalized spacial score (nSPS) is 20.7. The molecule has 138 valence electrons. The van der Waals surface area contributed by atoms with Crippen LogP contribution in [0, 0.1) is 6.92 Å². The van der Waals surface area contributed by atoms with Crippen molar-refractivity contribution in [3.63, 3.8) is 0 Å². The summed E-state index contributed by atoms with van der Waals surface area (Å²) < 4.78 is 5.82. The van der Waals surface area contributed by atoms with E-state index >= 15 is 0 Å². The summed E-state index contributed by atoms with van der Waals surface area (Å²) in [5.41, 5.74) is 4.23. The Kier molecular flexibility index (Phi) is 6.07. The van der Waals surface area contributed by atoms with Crippen molar-refractivity contribution in [2.75, 3.05) is 13.1 Å². The van der Waals surface area contributed by atoms with E-state index in [1.54, 1.807) is 0 Å². The third-order valence-electron chi connectivity index (χ3n) is 4.73. The predicted octanol–water partition coefficient (Wildman–Crippen LogP) is 3.53.